The lowest BCUT2D eigenvalue weighted by Gasteiger charge is -2.46. The van der Waals surface area contributed by atoms with E-state index in [2.05, 4.69) is 11.8 Å². The molecule has 0 aliphatic carbocycles. The van der Waals surface area contributed by atoms with E-state index >= 15 is 0 Å². The fraction of sp³-hybridized carbons (Fsp3) is 0.889. The monoisotopic (exact) mass is 205 g/mol. The summed E-state index contributed by atoms with van der Waals surface area (Å²) in [4.78, 5) is 13.7. The minimum absolute atomic E-state index is 0.144. The summed E-state index contributed by atoms with van der Waals surface area (Å²) < 4.78 is 4.98. The van der Waals surface area contributed by atoms with Crippen molar-refractivity contribution in [3.8, 4) is 0 Å². The van der Waals surface area contributed by atoms with Crippen molar-refractivity contribution in [1.29, 1.82) is 0 Å². The highest BCUT2D eigenvalue weighted by Gasteiger charge is 2.49. The molecule has 0 radical (unpaired) electrons. The first-order chi connectivity index (χ1) is 6.18. The van der Waals surface area contributed by atoms with E-state index < -0.39 is 5.41 Å². The first kappa shape index (κ1) is 10.8. The molecule has 0 saturated carbocycles. The molecule has 0 aromatic rings. The van der Waals surface area contributed by atoms with Gasteiger partial charge in [-0.05, 0) is 13.5 Å². The Hall–Kier alpha value is -0.280. The van der Waals surface area contributed by atoms with Gasteiger partial charge >= 0.3 is 5.97 Å². The van der Waals surface area contributed by atoms with Crippen molar-refractivity contribution in [1.82, 2.24) is 4.90 Å². The maximum Gasteiger partial charge on any atom is 0.315 e. The molecule has 1 saturated heterocycles. The van der Waals surface area contributed by atoms with Crippen LogP contribution in [0.4, 0.5) is 0 Å². The van der Waals surface area contributed by atoms with Gasteiger partial charge in [0.2, 0.25) is 0 Å². The first-order valence-electron chi connectivity index (χ1n) is 4.64. The number of esters is 1. The number of halogens is 1. The van der Waals surface area contributed by atoms with Gasteiger partial charge < -0.3 is 9.64 Å². The van der Waals surface area contributed by atoms with Crippen LogP contribution in [0.5, 0.6) is 0 Å². The minimum atomic E-state index is -0.423. The predicted molar refractivity (Wildman–Crippen MR) is 51.9 cm³/mol. The van der Waals surface area contributed by atoms with E-state index in [1.54, 1.807) is 0 Å². The van der Waals surface area contributed by atoms with Crippen LogP contribution in [0.1, 0.15) is 13.8 Å². The number of carbonyl (C=O) groups is 1. The molecule has 1 aliphatic heterocycles. The van der Waals surface area contributed by atoms with Crippen LogP contribution in [0, 0.1) is 5.41 Å². The standard InChI is InChI=1S/C9H16ClNO2/c1-3-11-6-9(5-10,7-11)8(12)13-4-2/h3-7H2,1-2H3. The van der Waals surface area contributed by atoms with Crippen molar-refractivity contribution < 1.29 is 9.53 Å². The molecule has 1 fully saturated rings. The van der Waals surface area contributed by atoms with Gasteiger partial charge in [0.1, 0.15) is 5.41 Å². The van der Waals surface area contributed by atoms with E-state index in [9.17, 15) is 4.79 Å². The summed E-state index contributed by atoms with van der Waals surface area (Å²) in [5, 5.41) is 0. The van der Waals surface area contributed by atoms with Crippen LogP contribution in [0.25, 0.3) is 0 Å². The molecule has 3 nitrogen and oxygen atoms in total. The van der Waals surface area contributed by atoms with Gasteiger partial charge in [-0.3, -0.25) is 4.79 Å². The Labute approximate surface area is 84.0 Å². The average Bonchev–Trinajstić information content (AvgIpc) is 2.04. The molecule has 0 aromatic heterocycles. The number of hydrogen-bond acceptors (Lipinski definition) is 3. The van der Waals surface area contributed by atoms with Crippen molar-refractivity contribution >= 4 is 17.6 Å². The number of likely N-dealkylation sites (tertiary alicyclic amines) is 1. The molecule has 0 N–H and O–H groups in total. The number of hydrogen-bond donors (Lipinski definition) is 0. The molecule has 0 bridgehead atoms. The molecule has 1 rings (SSSR count). The van der Waals surface area contributed by atoms with Gasteiger partial charge in [-0.2, -0.15) is 0 Å². The molecule has 0 aromatic carbocycles. The maximum absolute atomic E-state index is 11.5. The summed E-state index contributed by atoms with van der Waals surface area (Å²) >= 11 is 5.79. The molecule has 1 aliphatic rings. The van der Waals surface area contributed by atoms with Gasteiger partial charge in [-0.15, -0.1) is 11.6 Å². The lowest BCUT2D eigenvalue weighted by molar-refractivity contribution is -0.164. The second kappa shape index (κ2) is 4.29. The van der Waals surface area contributed by atoms with Crippen LogP contribution in [0.15, 0.2) is 0 Å². The third-order valence-electron chi connectivity index (χ3n) is 2.46. The SMILES string of the molecule is CCOC(=O)C1(CCl)CN(CC)C1. The van der Waals surface area contributed by atoms with Crippen LogP contribution in [0.2, 0.25) is 0 Å². The van der Waals surface area contributed by atoms with Crippen LogP contribution < -0.4 is 0 Å². The van der Waals surface area contributed by atoms with Crippen LogP contribution in [-0.2, 0) is 9.53 Å². The molecule has 1 heterocycles. The molecule has 0 amide bonds. The number of ether oxygens (including phenoxy) is 1. The average molecular weight is 206 g/mol. The highest BCUT2D eigenvalue weighted by atomic mass is 35.5. The molecule has 76 valence electrons. The molecule has 0 spiro atoms. The van der Waals surface area contributed by atoms with Crippen molar-refractivity contribution in [2.75, 3.05) is 32.1 Å². The zero-order chi connectivity index (χ0) is 9.90. The summed E-state index contributed by atoms with van der Waals surface area (Å²) in [7, 11) is 0. The van der Waals surface area contributed by atoms with Crippen molar-refractivity contribution in [3.05, 3.63) is 0 Å². The molecular weight excluding hydrogens is 190 g/mol. The van der Waals surface area contributed by atoms with Gasteiger partial charge in [0, 0.05) is 19.0 Å². The molecular formula is C9H16ClNO2. The van der Waals surface area contributed by atoms with E-state index in [4.69, 9.17) is 16.3 Å². The second-order valence-electron chi connectivity index (χ2n) is 3.44. The Morgan fingerprint density at radius 1 is 1.54 bits per heavy atom. The van der Waals surface area contributed by atoms with E-state index in [1.165, 1.54) is 0 Å². The fourth-order valence-electron chi connectivity index (χ4n) is 1.59. The first-order valence-corrected chi connectivity index (χ1v) is 5.17. The van der Waals surface area contributed by atoms with Crippen molar-refractivity contribution in [3.63, 3.8) is 0 Å². The normalized spacial score (nSPS) is 20.8. The molecule has 13 heavy (non-hydrogen) atoms. The summed E-state index contributed by atoms with van der Waals surface area (Å²) in [6, 6.07) is 0. The highest BCUT2D eigenvalue weighted by Crippen LogP contribution is 2.32. The third-order valence-corrected chi connectivity index (χ3v) is 2.98. The summed E-state index contributed by atoms with van der Waals surface area (Å²) in [5.74, 6) is 0.220. The predicted octanol–water partition coefficient (Wildman–Crippen LogP) is 1.11. The van der Waals surface area contributed by atoms with Crippen LogP contribution >= 0.6 is 11.6 Å². The van der Waals surface area contributed by atoms with Crippen molar-refractivity contribution in [2.45, 2.75) is 13.8 Å². The quantitative estimate of drug-likeness (QED) is 0.509. The lowest BCUT2D eigenvalue weighted by Crippen LogP contribution is -2.61. The third kappa shape index (κ3) is 1.97. The zero-order valence-electron chi connectivity index (χ0n) is 8.18. The van der Waals surface area contributed by atoms with E-state index in [0.717, 1.165) is 19.6 Å². The smallest absolute Gasteiger partial charge is 0.315 e. The lowest BCUT2D eigenvalue weighted by atomic mass is 9.82. The summed E-state index contributed by atoms with van der Waals surface area (Å²) in [6.07, 6.45) is 0. The van der Waals surface area contributed by atoms with E-state index in [-0.39, 0.29) is 5.97 Å². The highest BCUT2D eigenvalue weighted by molar-refractivity contribution is 6.20. The molecule has 0 unspecified atom stereocenters. The fourth-order valence-corrected chi connectivity index (χ4v) is 1.86. The molecule has 0 atom stereocenters. The van der Waals surface area contributed by atoms with Crippen molar-refractivity contribution in [2.24, 2.45) is 5.41 Å². The van der Waals surface area contributed by atoms with Gasteiger partial charge in [-0.1, -0.05) is 6.92 Å². The van der Waals surface area contributed by atoms with Gasteiger partial charge in [0.15, 0.2) is 0 Å². The van der Waals surface area contributed by atoms with Gasteiger partial charge in [-0.25, -0.2) is 0 Å². The largest absolute Gasteiger partial charge is 0.465 e. The second-order valence-corrected chi connectivity index (χ2v) is 3.70. The molecule has 4 heteroatoms. The summed E-state index contributed by atoms with van der Waals surface area (Å²) in [5.41, 5.74) is -0.423. The number of nitrogens with zero attached hydrogens (tertiary/aromatic N) is 1. The summed E-state index contributed by atoms with van der Waals surface area (Å²) in [6.45, 7) is 6.78. The Morgan fingerprint density at radius 2 is 2.15 bits per heavy atom. The van der Waals surface area contributed by atoms with Crippen LogP contribution in [0.3, 0.4) is 0 Å². The Bertz CT molecular complexity index is 190. The van der Waals surface area contributed by atoms with Crippen LogP contribution in [-0.4, -0.2) is 43.0 Å². The topological polar surface area (TPSA) is 29.5 Å². The van der Waals surface area contributed by atoms with Gasteiger partial charge in [0.25, 0.3) is 0 Å². The van der Waals surface area contributed by atoms with E-state index in [0.29, 0.717) is 12.5 Å². The Kier molecular flexibility index (Phi) is 3.56. The number of rotatable bonds is 4. The zero-order valence-corrected chi connectivity index (χ0v) is 8.93. The number of carbonyl (C=O) groups excluding carboxylic acids is 1. The van der Waals surface area contributed by atoms with E-state index in [1.807, 2.05) is 6.92 Å². The Balaban J connectivity index is 2.49. The minimum Gasteiger partial charge on any atom is -0.465 e. The Morgan fingerprint density at radius 3 is 2.54 bits per heavy atom. The maximum atomic E-state index is 11.5. The number of alkyl halides is 1. The van der Waals surface area contributed by atoms with Gasteiger partial charge in [0.05, 0.1) is 6.61 Å².